The Labute approximate surface area is 112 Å². The van der Waals surface area contributed by atoms with Crippen LogP contribution in [0, 0.1) is 0 Å². The monoisotopic (exact) mass is 269 g/mol. The number of amides is 2. The van der Waals surface area contributed by atoms with Gasteiger partial charge in [-0.25, -0.2) is 0 Å². The Balaban J connectivity index is 0.00000162. The Morgan fingerprint density at radius 1 is 1.33 bits per heavy atom. The first-order valence-electron chi connectivity index (χ1n) is 5.57. The Morgan fingerprint density at radius 2 is 2.06 bits per heavy atom. The summed E-state index contributed by atoms with van der Waals surface area (Å²) in [4.78, 5) is 24.6. The summed E-state index contributed by atoms with van der Waals surface area (Å²) in [6.07, 6.45) is 0.868. The van der Waals surface area contributed by atoms with E-state index in [1.54, 1.807) is 4.90 Å². The van der Waals surface area contributed by atoms with Crippen LogP contribution in [0.3, 0.4) is 0 Å². The molecular formula is C12H16ClN3O2. The number of rotatable bonds is 3. The molecule has 0 atom stereocenters. The number of hydrogen-bond donors (Lipinski definition) is 2. The molecular weight excluding hydrogens is 254 g/mol. The highest BCUT2D eigenvalue weighted by molar-refractivity contribution is 5.98. The molecule has 1 aliphatic heterocycles. The highest BCUT2D eigenvalue weighted by Gasteiger charge is 2.23. The quantitative estimate of drug-likeness (QED) is 0.816. The molecule has 2 amide bonds. The maximum atomic E-state index is 11.9. The zero-order valence-corrected chi connectivity index (χ0v) is 10.7. The number of benzene rings is 1. The van der Waals surface area contributed by atoms with E-state index in [-0.39, 0.29) is 37.3 Å². The van der Waals surface area contributed by atoms with Gasteiger partial charge in [0.05, 0.1) is 13.1 Å². The fourth-order valence-electron chi connectivity index (χ4n) is 1.94. The molecule has 0 unspecified atom stereocenters. The van der Waals surface area contributed by atoms with Crippen molar-refractivity contribution in [3.8, 4) is 0 Å². The number of nitrogens with zero attached hydrogens (tertiary/aromatic N) is 1. The number of carbonyl (C=O) groups excluding carboxylic acids is 2. The van der Waals surface area contributed by atoms with Crippen molar-refractivity contribution in [2.75, 3.05) is 24.5 Å². The van der Waals surface area contributed by atoms with E-state index in [0.29, 0.717) is 6.54 Å². The predicted octanol–water partition coefficient (Wildman–Crippen LogP) is 0.0724. The van der Waals surface area contributed by atoms with Gasteiger partial charge in [-0.05, 0) is 18.1 Å². The molecule has 1 aliphatic rings. The second-order valence-electron chi connectivity index (χ2n) is 3.90. The number of anilines is 1. The second-order valence-corrected chi connectivity index (χ2v) is 3.90. The Hall–Kier alpha value is -1.59. The molecule has 0 spiro atoms. The number of nitrogens with one attached hydrogen (secondary N) is 1. The molecule has 0 saturated carbocycles. The van der Waals surface area contributed by atoms with Crippen molar-refractivity contribution < 1.29 is 9.59 Å². The van der Waals surface area contributed by atoms with Gasteiger partial charge in [-0.3, -0.25) is 9.59 Å². The third kappa shape index (κ3) is 3.00. The van der Waals surface area contributed by atoms with Crippen LogP contribution in [-0.2, 0) is 16.0 Å². The maximum Gasteiger partial charge on any atom is 0.246 e. The zero-order chi connectivity index (χ0) is 12.3. The van der Waals surface area contributed by atoms with E-state index in [1.165, 1.54) is 5.56 Å². The summed E-state index contributed by atoms with van der Waals surface area (Å²) in [6.45, 7) is 0.588. The van der Waals surface area contributed by atoms with Crippen molar-refractivity contribution in [3.05, 3.63) is 29.8 Å². The standard InChI is InChI=1S/C12H15N3O2.ClH/c13-7-11(16)14-8-12(17)15-6-5-9-3-1-2-4-10(9)15;/h1-4H,5-8,13H2,(H,14,16);1H. The lowest BCUT2D eigenvalue weighted by Gasteiger charge is -2.17. The van der Waals surface area contributed by atoms with Gasteiger partial charge in [0.1, 0.15) is 0 Å². The molecule has 98 valence electrons. The summed E-state index contributed by atoms with van der Waals surface area (Å²) in [7, 11) is 0. The lowest BCUT2D eigenvalue weighted by Crippen LogP contribution is -2.41. The van der Waals surface area contributed by atoms with Crippen LogP contribution in [0.2, 0.25) is 0 Å². The number of carbonyl (C=O) groups is 2. The Bertz CT molecular complexity index is 451. The topological polar surface area (TPSA) is 75.4 Å². The number of fused-ring (bicyclic) bond motifs is 1. The molecule has 5 nitrogen and oxygen atoms in total. The van der Waals surface area contributed by atoms with Crippen molar-refractivity contribution in [3.63, 3.8) is 0 Å². The molecule has 3 N–H and O–H groups in total. The van der Waals surface area contributed by atoms with Crippen LogP contribution >= 0.6 is 12.4 Å². The number of halogens is 1. The molecule has 1 heterocycles. The Morgan fingerprint density at radius 3 is 2.78 bits per heavy atom. The minimum absolute atomic E-state index is 0. The van der Waals surface area contributed by atoms with Gasteiger partial charge in [-0.15, -0.1) is 12.4 Å². The molecule has 1 aromatic carbocycles. The first-order valence-corrected chi connectivity index (χ1v) is 5.57. The third-order valence-corrected chi connectivity index (χ3v) is 2.81. The minimum Gasteiger partial charge on any atom is -0.346 e. The van der Waals surface area contributed by atoms with Crippen molar-refractivity contribution >= 4 is 29.9 Å². The third-order valence-electron chi connectivity index (χ3n) is 2.81. The van der Waals surface area contributed by atoms with Crippen LogP contribution in [0.25, 0.3) is 0 Å². The van der Waals surface area contributed by atoms with Crippen molar-refractivity contribution in [2.24, 2.45) is 5.73 Å². The van der Waals surface area contributed by atoms with E-state index in [0.717, 1.165) is 12.1 Å². The largest absolute Gasteiger partial charge is 0.346 e. The summed E-state index contributed by atoms with van der Waals surface area (Å²) in [5.41, 5.74) is 7.27. The smallest absolute Gasteiger partial charge is 0.246 e. The van der Waals surface area contributed by atoms with Gasteiger partial charge in [0, 0.05) is 12.2 Å². The van der Waals surface area contributed by atoms with Crippen LogP contribution in [0.1, 0.15) is 5.56 Å². The van der Waals surface area contributed by atoms with E-state index in [1.807, 2.05) is 24.3 Å². The lowest BCUT2D eigenvalue weighted by atomic mass is 10.2. The van der Waals surface area contributed by atoms with Gasteiger partial charge in [0.2, 0.25) is 11.8 Å². The normalized spacial score (nSPS) is 12.6. The molecule has 0 aromatic heterocycles. The SMILES string of the molecule is Cl.NCC(=O)NCC(=O)N1CCc2ccccc21. The first kappa shape index (κ1) is 14.5. The van der Waals surface area contributed by atoms with Gasteiger partial charge in [-0.2, -0.15) is 0 Å². The lowest BCUT2D eigenvalue weighted by molar-refractivity contribution is -0.124. The van der Waals surface area contributed by atoms with Crippen LogP contribution in [0.5, 0.6) is 0 Å². The fraction of sp³-hybridized carbons (Fsp3) is 0.333. The fourth-order valence-corrected chi connectivity index (χ4v) is 1.94. The van der Waals surface area contributed by atoms with E-state index in [2.05, 4.69) is 5.32 Å². The zero-order valence-electron chi connectivity index (χ0n) is 9.89. The summed E-state index contributed by atoms with van der Waals surface area (Å²) < 4.78 is 0. The minimum atomic E-state index is -0.314. The second kappa shape index (κ2) is 6.37. The van der Waals surface area contributed by atoms with E-state index >= 15 is 0 Å². The number of hydrogen-bond acceptors (Lipinski definition) is 3. The first-order chi connectivity index (χ1) is 8.22. The Kier molecular flexibility index (Phi) is 5.12. The molecule has 1 aromatic rings. The van der Waals surface area contributed by atoms with Gasteiger partial charge >= 0.3 is 0 Å². The molecule has 0 bridgehead atoms. The summed E-state index contributed by atoms with van der Waals surface area (Å²) in [6, 6.07) is 7.80. The maximum absolute atomic E-state index is 11.9. The summed E-state index contributed by atoms with van der Waals surface area (Å²) >= 11 is 0. The van der Waals surface area contributed by atoms with Gasteiger partial charge in [0.15, 0.2) is 0 Å². The van der Waals surface area contributed by atoms with Crippen molar-refractivity contribution in [2.45, 2.75) is 6.42 Å². The van der Waals surface area contributed by atoms with Gasteiger partial charge in [0.25, 0.3) is 0 Å². The van der Waals surface area contributed by atoms with Crippen LogP contribution in [-0.4, -0.2) is 31.4 Å². The highest BCUT2D eigenvalue weighted by Crippen LogP contribution is 2.27. The highest BCUT2D eigenvalue weighted by atomic mass is 35.5. The van der Waals surface area contributed by atoms with E-state index in [4.69, 9.17) is 5.73 Å². The van der Waals surface area contributed by atoms with E-state index in [9.17, 15) is 9.59 Å². The molecule has 6 heteroatoms. The predicted molar refractivity (Wildman–Crippen MR) is 71.8 cm³/mol. The van der Waals surface area contributed by atoms with Crippen molar-refractivity contribution in [1.29, 1.82) is 0 Å². The van der Waals surface area contributed by atoms with Gasteiger partial charge < -0.3 is 16.0 Å². The number of nitrogens with two attached hydrogens (primary N) is 1. The molecule has 0 aliphatic carbocycles. The summed E-state index contributed by atoms with van der Waals surface area (Å²) in [5.74, 6) is -0.414. The van der Waals surface area contributed by atoms with Crippen molar-refractivity contribution in [1.82, 2.24) is 5.32 Å². The average Bonchev–Trinajstić information content (AvgIpc) is 2.79. The molecule has 0 saturated heterocycles. The number of para-hydroxylation sites is 1. The van der Waals surface area contributed by atoms with E-state index < -0.39 is 0 Å². The van der Waals surface area contributed by atoms with Crippen LogP contribution in [0.4, 0.5) is 5.69 Å². The summed E-state index contributed by atoms with van der Waals surface area (Å²) in [5, 5.41) is 2.48. The average molecular weight is 270 g/mol. The van der Waals surface area contributed by atoms with Gasteiger partial charge in [-0.1, -0.05) is 18.2 Å². The molecule has 2 rings (SSSR count). The van der Waals surface area contributed by atoms with Crippen LogP contribution in [0.15, 0.2) is 24.3 Å². The van der Waals surface area contributed by atoms with Crippen LogP contribution < -0.4 is 16.0 Å². The molecule has 18 heavy (non-hydrogen) atoms. The molecule has 0 radical (unpaired) electrons. The molecule has 0 fully saturated rings.